The Balaban J connectivity index is 2.16. The summed E-state index contributed by atoms with van der Waals surface area (Å²) in [5.41, 5.74) is 0. The van der Waals surface area contributed by atoms with Crippen LogP contribution >= 0.6 is 0 Å². The van der Waals surface area contributed by atoms with Crippen LogP contribution in [0.5, 0.6) is 0 Å². The van der Waals surface area contributed by atoms with Crippen LogP contribution in [-0.2, 0) is 14.4 Å². The molecule has 2 amide bonds. The maximum atomic E-state index is 11.9. The summed E-state index contributed by atoms with van der Waals surface area (Å²) in [5, 5.41) is 13.7. The fraction of sp³-hybridized carbons (Fsp3) is 0.800. The van der Waals surface area contributed by atoms with Crippen molar-refractivity contribution in [1.82, 2.24) is 20.4 Å². The summed E-state index contributed by atoms with van der Waals surface area (Å²) >= 11 is 0. The standard InChI is InChI=1S/C15H28N4O4/c1-18(2)10-12-4-3-9-19(12)11-14(21)17-7-5-13(20)16-8-6-15(22)23/h12H,3-11H2,1-2H3,(H,16,20)(H,17,21)(H,22,23)/i1+1,2+1,5+1,6+1,8+1,13+1,15+1,16+1,18+1. The lowest BCUT2D eigenvalue weighted by Crippen LogP contribution is -2.44. The van der Waals surface area contributed by atoms with Gasteiger partial charge in [0.25, 0.3) is 0 Å². The highest BCUT2D eigenvalue weighted by atomic mass is 16.5. The van der Waals surface area contributed by atoms with Crippen LogP contribution in [0, 0.1) is 0 Å². The van der Waals surface area contributed by atoms with Crippen LogP contribution in [0.1, 0.15) is 25.7 Å². The Kier molecular flexibility index (Phi) is 8.57. The molecule has 1 aliphatic rings. The largest absolute Gasteiger partial charge is 0.481 e. The Labute approximate surface area is 137 Å². The predicted octanol–water partition coefficient (Wildman–Crippen LogP) is -0.890. The number of aliphatic carboxylic acids is 1. The van der Waals surface area contributed by atoms with Gasteiger partial charge in [-0.2, -0.15) is 0 Å². The number of amides is 2. The first-order valence-corrected chi connectivity index (χ1v) is 8.02. The van der Waals surface area contributed by atoms with Crippen molar-refractivity contribution in [3.8, 4) is 0 Å². The van der Waals surface area contributed by atoms with Crippen molar-refractivity contribution >= 4 is 17.8 Å². The molecule has 1 unspecified atom stereocenters. The van der Waals surface area contributed by atoms with Crippen LogP contribution in [0.4, 0.5) is 0 Å². The average Bonchev–Trinajstić information content (AvgIpc) is 2.84. The molecule has 8 heteroatoms. The lowest BCUT2D eigenvalue weighted by molar-refractivity contribution is -0.137. The summed E-state index contributed by atoms with van der Waals surface area (Å²) in [7, 11) is 4.05. The summed E-state index contributed by atoms with van der Waals surface area (Å²) in [6.45, 7) is 2.62. The first kappa shape index (κ1) is 19.4. The summed E-state index contributed by atoms with van der Waals surface area (Å²) in [5.74, 6) is -1.27. The second-order valence-electron chi connectivity index (χ2n) is 6.12. The van der Waals surface area contributed by atoms with E-state index in [1.807, 2.05) is 14.1 Å². The first-order valence-electron chi connectivity index (χ1n) is 8.02. The van der Waals surface area contributed by atoms with Gasteiger partial charge in [0.1, 0.15) is 0 Å². The van der Waals surface area contributed by atoms with Crippen molar-refractivity contribution in [2.75, 3.05) is 46.8 Å². The monoisotopic (exact) mass is 337 g/mol. The van der Waals surface area contributed by atoms with E-state index >= 15 is 0 Å². The lowest BCUT2D eigenvalue weighted by Gasteiger charge is -2.26. The van der Waals surface area contributed by atoms with E-state index in [9.17, 15) is 14.4 Å². The molecule has 1 fully saturated rings. The van der Waals surface area contributed by atoms with Crippen LogP contribution in [0.3, 0.4) is 0 Å². The molecular weight excluding hydrogens is 309 g/mol. The van der Waals surface area contributed by atoms with Crippen molar-refractivity contribution < 1.29 is 19.5 Å². The molecule has 1 aliphatic heterocycles. The van der Waals surface area contributed by atoms with E-state index in [0.717, 1.165) is 25.9 Å². The molecule has 1 saturated heterocycles. The van der Waals surface area contributed by atoms with Gasteiger partial charge >= 0.3 is 5.97 Å². The topological polar surface area (TPSA) is 102 Å². The molecule has 0 spiro atoms. The number of carbonyl (C=O) groups is 3. The Morgan fingerprint density at radius 2 is 1.78 bits per heavy atom. The first-order chi connectivity index (χ1) is 10.9. The van der Waals surface area contributed by atoms with E-state index in [0.29, 0.717) is 12.6 Å². The van der Waals surface area contributed by atoms with E-state index in [4.69, 9.17) is 5.11 Å². The van der Waals surface area contributed by atoms with Crippen LogP contribution < -0.4 is 10.6 Å². The van der Waals surface area contributed by atoms with Gasteiger partial charge in [0.05, 0.1) is 13.0 Å². The summed E-state index contributed by atoms with van der Waals surface area (Å²) in [6.07, 6.45) is 2.28. The third-order valence-corrected chi connectivity index (χ3v) is 3.76. The van der Waals surface area contributed by atoms with Gasteiger partial charge < -0.3 is 20.6 Å². The molecule has 1 heterocycles. The summed E-state index contributed by atoms with van der Waals surface area (Å²) in [4.78, 5) is 38.0. The zero-order valence-electron chi connectivity index (χ0n) is 14.0. The smallest absolute Gasteiger partial charge is 0.305 e. The average molecular weight is 337 g/mol. The molecular formula is C15H28N4O4. The number of hydrogen-bond donors (Lipinski definition) is 3. The fourth-order valence-corrected chi connectivity index (χ4v) is 2.68. The molecule has 0 saturated carbocycles. The Morgan fingerprint density at radius 1 is 1.13 bits per heavy atom. The van der Waals surface area contributed by atoms with Gasteiger partial charge in [0.15, 0.2) is 0 Å². The van der Waals surface area contributed by atoms with Crippen molar-refractivity contribution in [2.45, 2.75) is 31.7 Å². The third-order valence-electron chi connectivity index (χ3n) is 3.76. The van der Waals surface area contributed by atoms with E-state index in [1.165, 1.54) is 0 Å². The minimum atomic E-state index is -0.948. The normalized spacial score (nSPS) is 18.1. The molecule has 3 N–H and O–H groups in total. The van der Waals surface area contributed by atoms with Gasteiger partial charge in [-0.15, -0.1) is 0 Å². The second-order valence-corrected chi connectivity index (χ2v) is 6.12. The van der Waals surface area contributed by atoms with Gasteiger partial charge in [-0.1, -0.05) is 0 Å². The number of hydrogen-bond acceptors (Lipinski definition) is 5. The molecule has 8 nitrogen and oxygen atoms in total. The van der Waals surface area contributed by atoms with Gasteiger partial charge in [0.2, 0.25) is 11.8 Å². The number of nitrogens with zero attached hydrogens (tertiary/aromatic N) is 2. The minimum absolute atomic E-state index is 0.0750. The molecule has 23 heavy (non-hydrogen) atoms. The van der Waals surface area contributed by atoms with Gasteiger partial charge in [-0.25, -0.2) is 0 Å². The number of carbonyl (C=O) groups excluding carboxylic acids is 2. The quantitative estimate of drug-likeness (QED) is 0.353. The third kappa shape index (κ3) is 8.51. The van der Waals surface area contributed by atoms with Crippen LogP contribution in [-0.4, -0.2) is 85.6 Å². The van der Waals surface area contributed by atoms with Crippen molar-refractivity contribution in [3.05, 3.63) is 0 Å². The van der Waals surface area contributed by atoms with Gasteiger partial charge in [0, 0.05) is 32.1 Å². The number of likely N-dealkylation sites (tertiary alicyclic amines) is 1. The summed E-state index contributed by atoms with van der Waals surface area (Å²) < 4.78 is 0. The maximum Gasteiger partial charge on any atom is 0.305 e. The van der Waals surface area contributed by atoms with Crippen molar-refractivity contribution in [3.63, 3.8) is 0 Å². The molecule has 0 radical (unpaired) electrons. The zero-order chi connectivity index (χ0) is 17.2. The maximum absolute atomic E-state index is 11.9. The highest BCUT2D eigenvalue weighted by Crippen LogP contribution is 2.16. The highest BCUT2D eigenvalue weighted by molar-refractivity contribution is 5.80. The van der Waals surface area contributed by atoms with E-state index < -0.39 is 5.97 Å². The molecule has 1 rings (SSSR count). The molecule has 0 aliphatic carbocycles. The van der Waals surface area contributed by atoms with Crippen LogP contribution in [0.25, 0.3) is 0 Å². The van der Waals surface area contributed by atoms with Crippen molar-refractivity contribution in [1.29, 1.82) is 0 Å². The summed E-state index contributed by atoms with van der Waals surface area (Å²) in [6, 6.07) is 0.412. The molecule has 132 valence electrons. The Hall–Kier alpha value is -1.67. The number of rotatable bonds is 10. The molecule has 0 bridgehead atoms. The number of nitrogens with one attached hydrogen (secondary N) is 2. The lowest BCUT2D eigenvalue weighted by atomic mass is 10.2. The molecule has 0 aromatic carbocycles. The highest BCUT2D eigenvalue weighted by Gasteiger charge is 2.26. The second kappa shape index (κ2) is 10.2. The van der Waals surface area contributed by atoms with Gasteiger partial charge in [-0.3, -0.25) is 19.3 Å². The SMILES string of the molecule is [13CH3][15N]([13CH3])CC1CCCN1CC(=O)NC[13CH2][13C](=O)[15NH][13CH2][13CH2][13C](=O)O. The molecule has 1 atom stereocenters. The zero-order valence-corrected chi connectivity index (χ0v) is 14.0. The Bertz CT molecular complexity index is 414. The Morgan fingerprint density at radius 3 is 2.43 bits per heavy atom. The van der Waals surface area contributed by atoms with Gasteiger partial charge in [-0.05, 0) is 33.5 Å². The minimum Gasteiger partial charge on any atom is -0.481 e. The predicted molar refractivity (Wildman–Crippen MR) is 86.0 cm³/mol. The molecule has 0 aromatic rings. The molecule has 0 aromatic heterocycles. The van der Waals surface area contributed by atoms with E-state index in [-0.39, 0.29) is 37.7 Å². The van der Waals surface area contributed by atoms with Crippen LogP contribution in [0.2, 0.25) is 0 Å². The van der Waals surface area contributed by atoms with E-state index in [2.05, 4.69) is 20.4 Å². The number of carboxylic acid groups (broad SMARTS) is 1. The van der Waals surface area contributed by atoms with E-state index in [1.54, 1.807) is 0 Å². The fourth-order valence-electron chi connectivity index (χ4n) is 2.68. The number of carboxylic acids is 1. The number of likely N-dealkylation sites (N-methyl/N-ethyl adjacent to an activating group) is 1. The van der Waals surface area contributed by atoms with Crippen LogP contribution in [0.15, 0.2) is 0 Å². The van der Waals surface area contributed by atoms with Crippen molar-refractivity contribution in [2.24, 2.45) is 0 Å².